The van der Waals surface area contributed by atoms with Crippen LogP contribution in [0.25, 0.3) is 0 Å². The minimum Gasteiger partial charge on any atom is -0.434 e. The van der Waals surface area contributed by atoms with Gasteiger partial charge in [-0.3, -0.25) is 0 Å². The summed E-state index contributed by atoms with van der Waals surface area (Å²) < 4.78 is 29.5. The molecule has 1 aliphatic carbocycles. The first-order chi connectivity index (χ1) is 9.97. The third kappa shape index (κ3) is 4.38. The number of aliphatic hydroxyl groups is 1. The fourth-order valence-corrected chi connectivity index (χ4v) is 2.90. The van der Waals surface area contributed by atoms with Crippen LogP contribution in [0.2, 0.25) is 0 Å². The van der Waals surface area contributed by atoms with Crippen LogP contribution in [-0.2, 0) is 0 Å². The Morgan fingerprint density at radius 1 is 1.38 bits per heavy atom. The maximum absolute atomic E-state index is 12.5. The summed E-state index contributed by atoms with van der Waals surface area (Å²) in [6, 6.07) is 5.10. The number of halogens is 2. The van der Waals surface area contributed by atoms with Gasteiger partial charge in [-0.1, -0.05) is 24.1 Å². The molecule has 0 aromatic heterocycles. The van der Waals surface area contributed by atoms with Crippen molar-refractivity contribution in [1.82, 2.24) is 5.32 Å². The normalized spacial score (nSPS) is 23.5. The van der Waals surface area contributed by atoms with Gasteiger partial charge in [-0.15, -0.1) is 0 Å². The Hall–Kier alpha value is -1.20. The Kier molecular flexibility index (Phi) is 5.53. The number of ether oxygens (including phenoxy) is 1. The molecule has 0 bridgehead atoms. The van der Waals surface area contributed by atoms with E-state index in [1.165, 1.54) is 0 Å². The van der Waals surface area contributed by atoms with E-state index in [1.807, 2.05) is 19.9 Å². The highest BCUT2D eigenvalue weighted by atomic mass is 19.3. The van der Waals surface area contributed by atoms with Crippen LogP contribution in [0.1, 0.15) is 43.4 Å². The molecule has 3 nitrogen and oxygen atoms in total. The number of nitrogens with one attached hydrogen (secondary N) is 1. The third-order valence-corrected chi connectivity index (χ3v) is 4.15. The third-order valence-electron chi connectivity index (χ3n) is 4.15. The monoisotopic (exact) mass is 299 g/mol. The largest absolute Gasteiger partial charge is 0.434 e. The van der Waals surface area contributed by atoms with E-state index in [4.69, 9.17) is 0 Å². The quantitative estimate of drug-likeness (QED) is 0.846. The number of aryl methyl sites for hydroxylation is 1. The number of rotatable bonds is 6. The number of hydrogen-bond donors (Lipinski definition) is 2. The zero-order valence-electron chi connectivity index (χ0n) is 12.5. The lowest BCUT2D eigenvalue weighted by atomic mass is 10.0. The summed E-state index contributed by atoms with van der Waals surface area (Å²) in [6.07, 6.45) is 2.66. The number of aliphatic hydroxyl groups excluding tert-OH is 1. The lowest BCUT2D eigenvalue weighted by Gasteiger charge is -2.22. The average molecular weight is 299 g/mol. The van der Waals surface area contributed by atoms with E-state index in [0.717, 1.165) is 30.4 Å². The summed E-state index contributed by atoms with van der Waals surface area (Å²) in [5.74, 6) is 0.458. The second-order valence-electron chi connectivity index (χ2n) is 5.81. The Morgan fingerprint density at radius 2 is 2.14 bits per heavy atom. The van der Waals surface area contributed by atoms with E-state index < -0.39 is 6.61 Å². The average Bonchev–Trinajstić information content (AvgIpc) is 2.83. The summed E-state index contributed by atoms with van der Waals surface area (Å²) in [7, 11) is 0. The van der Waals surface area contributed by atoms with Crippen molar-refractivity contribution in [3.8, 4) is 5.75 Å². The smallest absolute Gasteiger partial charge is 0.387 e. The van der Waals surface area contributed by atoms with Gasteiger partial charge in [0.05, 0.1) is 6.10 Å². The van der Waals surface area contributed by atoms with Crippen molar-refractivity contribution >= 4 is 0 Å². The first kappa shape index (κ1) is 16.2. The maximum atomic E-state index is 12.5. The van der Waals surface area contributed by atoms with Crippen molar-refractivity contribution in [2.75, 3.05) is 6.54 Å². The number of hydrogen-bond acceptors (Lipinski definition) is 3. The van der Waals surface area contributed by atoms with Crippen molar-refractivity contribution in [3.05, 3.63) is 29.3 Å². The molecule has 1 aromatic carbocycles. The molecule has 2 rings (SSSR count). The van der Waals surface area contributed by atoms with Crippen LogP contribution >= 0.6 is 0 Å². The van der Waals surface area contributed by atoms with Gasteiger partial charge in [0.1, 0.15) is 5.75 Å². The van der Waals surface area contributed by atoms with E-state index in [2.05, 4.69) is 10.1 Å². The Balaban J connectivity index is 2.03. The molecule has 0 aliphatic heterocycles. The van der Waals surface area contributed by atoms with Crippen LogP contribution in [0.4, 0.5) is 8.78 Å². The fraction of sp³-hybridized carbons (Fsp3) is 0.625. The van der Waals surface area contributed by atoms with Crippen molar-refractivity contribution in [1.29, 1.82) is 0 Å². The molecule has 0 saturated heterocycles. The second kappa shape index (κ2) is 7.18. The number of alkyl halides is 2. The van der Waals surface area contributed by atoms with Crippen molar-refractivity contribution < 1.29 is 18.6 Å². The van der Waals surface area contributed by atoms with Crippen LogP contribution < -0.4 is 10.1 Å². The molecular formula is C16H23F2NO2. The molecule has 1 saturated carbocycles. The van der Waals surface area contributed by atoms with Crippen molar-refractivity contribution in [2.24, 2.45) is 5.92 Å². The van der Waals surface area contributed by atoms with Crippen LogP contribution in [-0.4, -0.2) is 24.4 Å². The van der Waals surface area contributed by atoms with E-state index in [0.29, 0.717) is 6.54 Å². The molecule has 1 aromatic rings. The fourth-order valence-electron chi connectivity index (χ4n) is 2.90. The predicted molar refractivity (Wildman–Crippen MR) is 77.6 cm³/mol. The topological polar surface area (TPSA) is 41.5 Å². The Morgan fingerprint density at radius 3 is 2.76 bits per heavy atom. The summed E-state index contributed by atoms with van der Waals surface area (Å²) >= 11 is 0. The van der Waals surface area contributed by atoms with Gasteiger partial charge in [0.2, 0.25) is 0 Å². The molecule has 21 heavy (non-hydrogen) atoms. The zero-order chi connectivity index (χ0) is 15.4. The van der Waals surface area contributed by atoms with E-state index in [-0.39, 0.29) is 23.8 Å². The van der Waals surface area contributed by atoms with Crippen LogP contribution in [0.15, 0.2) is 18.2 Å². The van der Waals surface area contributed by atoms with Gasteiger partial charge < -0.3 is 15.2 Å². The molecular weight excluding hydrogens is 276 g/mol. The summed E-state index contributed by atoms with van der Waals surface area (Å²) in [4.78, 5) is 0. The lowest BCUT2D eigenvalue weighted by Crippen LogP contribution is -2.30. The van der Waals surface area contributed by atoms with Gasteiger partial charge in [0.25, 0.3) is 0 Å². The molecule has 1 aliphatic rings. The number of benzene rings is 1. The summed E-state index contributed by atoms with van der Waals surface area (Å²) in [5, 5.41) is 13.2. The van der Waals surface area contributed by atoms with Crippen LogP contribution in [0.3, 0.4) is 0 Å². The molecule has 3 atom stereocenters. The SMILES string of the molecule is Cc1ccc(OC(F)F)c(C(C)NCC2CCCC2O)c1. The van der Waals surface area contributed by atoms with E-state index in [9.17, 15) is 13.9 Å². The van der Waals surface area contributed by atoms with Gasteiger partial charge in [0.15, 0.2) is 0 Å². The van der Waals surface area contributed by atoms with E-state index in [1.54, 1.807) is 12.1 Å². The molecule has 0 amide bonds. The minimum atomic E-state index is -2.82. The van der Waals surface area contributed by atoms with Crippen LogP contribution in [0.5, 0.6) is 5.75 Å². The van der Waals surface area contributed by atoms with Gasteiger partial charge in [-0.25, -0.2) is 0 Å². The highest BCUT2D eigenvalue weighted by Crippen LogP contribution is 2.29. The molecule has 1 fully saturated rings. The maximum Gasteiger partial charge on any atom is 0.387 e. The predicted octanol–water partition coefficient (Wildman–Crippen LogP) is 3.41. The van der Waals surface area contributed by atoms with Gasteiger partial charge in [-0.05, 0) is 38.7 Å². The Bertz CT molecular complexity index is 468. The first-order valence-corrected chi connectivity index (χ1v) is 7.44. The molecule has 0 heterocycles. The molecule has 5 heteroatoms. The Labute approximate surface area is 124 Å². The standard InChI is InChI=1S/C16H23F2NO2/c1-10-6-7-15(21-16(17)18)13(8-10)11(2)19-9-12-4-3-5-14(12)20/h6-8,11-12,14,16,19-20H,3-5,9H2,1-2H3. The van der Waals surface area contributed by atoms with Crippen molar-refractivity contribution in [3.63, 3.8) is 0 Å². The minimum absolute atomic E-state index is 0.105. The van der Waals surface area contributed by atoms with Crippen LogP contribution in [0, 0.1) is 12.8 Å². The first-order valence-electron chi connectivity index (χ1n) is 7.44. The molecule has 0 radical (unpaired) electrons. The van der Waals surface area contributed by atoms with Gasteiger partial charge >= 0.3 is 6.61 Å². The van der Waals surface area contributed by atoms with E-state index >= 15 is 0 Å². The molecule has 2 N–H and O–H groups in total. The molecule has 118 valence electrons. The molecule has 0 spiro atoms. The summed E-state index contributed by atoms with van der Waals surface area (Å²) in [6.45, 7) is 1.71. The highest BCUT2D eigenvalue weighted by Gasteiger charge is 2.25. The lowest BCUT2D eigenvalue weighted by molar-refractivity contribution is -0.0506. The second-order valence-corrected chi connectivity index (χ2v) is 5.81. The highest BCUT2D eigenvalue weighted by molar-refractivity contribution is 5.39. The van der Waals surface area contributed by atoms with Gasteiger partial charge in [-0.2, -0.15) is 8.78 Å². The van der Waals surface area contributed by atoms with Crippen molar-refractivity contribution in [2.45, 2.75) is 51.9 Å². The summed E-state index contributed by atoms with van der Waals surface area (Å²) in [5.41, 5.74) is 1.73. The zero-order valence-corrected chi connectivity index (χ0v) is 12.5. The van der Waals surface area contributed by atoms with Gasteiger partial charge in [0, 0.05) is 18.2 Å². The molecule has 3 unspecified atom stereocenters.